The number of nitrogens with one attached hydrogen (secondary N) is 1. The lowest BCUT2D eigenvalue weighted by molar-refractivity contribution is 0.0695. The van der Waals surface area contributed by atoms with Crippen LogP contribution in [0.25, 0.3) is 0 Å². The van der Waals surface area contributed by atoms with Gasteiger partial charge in [0.1, 0.15) is 4.88 Å². The largest absolute Gasteiger partial charge is 0.478 e. The number of carboxylic acids is 1. The second-order valence-corrected chi connectivity index (χ2v) is 6.07. The molecule has 0 saturated heterocycles. The molecule has 0 fully saturated rings. The molecule has 0 radical (unpaired) electrons. The molecule has 1 aromatic carbocycles. The Morgan fingerprint density at radius 2 is 2.05 bits per heavy atom. The molecule has 5 nitrogen and oxygen atoms in total. The van der Waals surface area contributed by atoms with E-state index in [0.29, 0.717) is 16.1 Å². The molecule has 0 aliphatic rings. The fourth-order valence-corrected chi connectivity index (χ4v) is 2.60. The second kappa shape index (κ2) is 6.05. The number of thiazole rings is 1. The summed E-state index contributed by atoms with van der Waals surface area (Å²) >= 11 is 1.34. The molecule has 0 aliphatic heterocycles. The van der Waals surface area contributed by atoms with Crippen LogP contribution in [0, 0.1) is 6.92 Å². The summed E-state index contributed by atoms with van der Waals surface area (Å²) in [5, 5.41) is 12.7. The Morgan fingerprint density at radius 3 is 2.62 bits per heavy atom. The molecule has 1 aromatic heterocycles. The minimum atomic E-state index is -1.01. The van der Waals surface area contributed by atoms with Gasteiger partial charge in [-0.1, -0.05) is 19.9 Å². The van der Waals surface area contributed by atoms with Crippen molar-refractivity contribution in [2.75, 3.05) is 5.32 Å². The number of aromatic nitrogens is 1. The predicted molar refractivity (Wildman–Crippen MR) is 82.3 cm³/mol. The third kappa shape index (κ3) is 3.46. The second-order valence-electron chi connectivity index (χ2n) is 5.01. The van der Waals surface area contributed by atoms with Crippen LogP contribution in [0.5, 0.6) is 0 Å². The Kier molecular flexibility index (Phi) is 4.37. The summed E-state index contributed by atoms with van der Waals surface area (Å²) in [5.41, 5.74) is 1.29. The number of amides is 1. The van der Waals surface area contributed by atoms with E-state index in [0.717, 1.165) is 5.01 Å². The average Bonchev–Trinajstić information content (AvgIpc) is 2.90. The lowest BCUT2D eigenvalue weighted by atomic mass is 10.1. The summed E-state index contributed by atoms with van der Waals surface area (Å²) in [5.74, 6) is -1.02. The highest BCUT2D eigenvalue weighted by Gasteiger charge is 2.14. The van der Waals surface area contributed by atoms with Gasteiger partial charge in [-0.25, -0.2) is 9.78 Å². The monoisotopic (exact) mass is 304 g/mol. The molecule has 2 N–H and O–H groups in total. The van der Waals surface area contributed by atoms with Crippen molar-refractivity contribution in [2.24, 2.45) is 0 Å². The molecule has 21 heavy (non-hydrogen) atoms. The molecule has 2 rings (SSSR count). The predicted octanol–water partition coefficient (Wildman–Crippen LogP) is 3.53. The zero-order valence-corrected chi connectivity index (χ0v) is 12.8. The summed E-state index contributed by atoms with van der Waals surface area (Å²) < 4.78 is 0. The number of benzene rings is 1. The summed E-state index contributed by atoms with van der Waals surface area (Å²) in [4.78, 5) is 27.9. The van der Waals surface area contributed by atoms with Gasteiger partial charge < -0.3 is 10.4 Å². The minimum absolute atomic E-state index is 0.181. The van der Waals surface area contributed by atoms with E-state index in [1.54, 1.807) is 25.3 Å². The highest BCUT2D eigenvalue weighted by Crippen LogP contribution is 2.22. The van der Waals surface area contributed by atoms with Crippen molar-refractivity contribution in [1.29, 1.82) is 0 Å². The van der Waals surface area contributed by atoms with Crippen LogP contribution < -0.4 is 5.32 Å². The molecule has 0 saturated carbocycles. The molecule has 0 spiro atoms. The maximum atomic E-state index is 12.1. The van der Waals surface area contributed by atoms with E-state index in [2.05, 4.69) is 10.3 Å². The zero-order chi connectivity index (χ0) is 15.6. The lowest BCUT2D eigenvalue weighted by Gasteiger charge is -2.06. The fourth-order valence-electron chi connectivity index (χ4n) is 1.78. The normalized spacial score (nSPS) is 10.7. The number of carboxylic acid groups (broad SMARTS) is 1. The van der Waals surface area contributed by atoms with E-state index in [-0.39, 0.29) is 17.4 Å². The van der Waals surface area contributed by atoms with Crippen LogP contribution in [0.3, 0.4) is 0 Å². The van der Waals surface area contributed by atoms with Gasteiger partial charge >= 0.3 is 5.97 Å². The summed E-state index contributed by atoms with van der Waals surface area (Å²) in [6, 6.07) is 4.81. The lowest BCUT2D eigenvalue weighted by Crippen LogP contribution is -2.11. The van der Waals surface area contributed by atoms with Crippen molar-refractivity contribution in [3.8, 4) is 0 Å². The molecular weight excluding hydrogens is 288 g/mol. The molecule has 0 unspecified atom stereocenters. The van der Waals surface area contributed by atoms with Gasteiger partial charge in [-0.15, -0.1) is 11.3 Å². The number of rotatable bonds is 4. The molecule has 110 valence electrons. The Morgan fingerprint density at radius 1 is 1.33 bits per heavy atom. The van der Waals surface area contributed by atoms with Crippen LogP contribution in [-0.4, -0.2) is 22.0 Å². The van der Waals surface area contributed by atoms with Gasteiger partial charge in [0, 0.05) is 11.6 Å². The first-order valence-corrected chi connectivity index (χ1v) is 7.31. The van der Waals surface area contributed by atoms with Gasteiger partial charge in [-0.3, -0.25) is 4.79 Å². The third-order valence-corrected chi connectivity index (χ3v) is 4.26. The maximum absolute atomic E-state index is 12.1. The number of aromatic carboxylic acids is 1. The average molecular weight is 304 g/mol. The Labute approximate surface area is 126 Å². The molecular formula is C15H16N2O3S. The number of carbonyl (C=O) groups excluding carboxylic acids is 1. The summed E-state index contributed by atoms with van der Waals surface area (Å²) in [6.07, 6.45) is 1.54. The van der Waals surface area contributed by atoms with Crippen molar-refractivity contribution in [3.05, 3.63) is 45.4 Å². The van der Waals surface area contributed by atoms with Gasteiger partial charge in [0.25, 0.3) is 5.91 Å². The minimum Gasteiger partial charge on any atom is -0.478 e. The van der Waals surface area contributed by atoms with Crippen molar-refractivity contribution >= 4 is 28.9 Å². The number of anilines is 1. The van der Waals surface area contributed by atoms with Gasteiger partial charge in [-0.2, -0.15) is 0 Å². The maximum Gasteiger partial charge on any atom is 0.336 e. The van der Waals surface area contributed by atoms with Crippen molar-refractivity contribution in [1.82, 2.24) is 4.98 Å². The molecule has 0 aliphatic carbocycles. The van der Waals surface area contributed by atoms with Crippen LogP contribution >= 0.6 is 11.3 Å². The van der Waals surface area contributed by atoms with Gasteiger partial charge in [0.05, 0.1) is 16.8 Å². The Hall–Kier alpha value is -2.21. The number of hydrogen-bond acceptors (Lipinski definition) is 4. The van der Waals surface area contributed by atoms with Crippen LogP contribution in [0.2, 0.25) is 0 Å². The summed E-state index contributed by atoms with van der Waals surface area (Å²) in [7, 11) is 0. The molecule has 2 aromatic rings. The van der Waals surface area contributed by atoms with Crippen molar-refractivity contribution in [3.63, 3.8) is 0 Å². The van der Waals surface area contributed by atoms with Crippen LogP contribution in [0.15, 0.2) is 24.4 Å². The van der Waals surface area contributed by atoms with Crippen LogP contribution in [0.1, 0.15) is 50.4 Å². The summed E-state index contributed by atoms with van der Waals surface area (Å²) in [6.45, 7) is 5.74. The number of carbonyl (C=O) groups is 2. The van der Waals surface area contributed by atoms with E-state index in [9.17, 15) is 9.59 Å². The van der Waals surface area contributed by atoms with Crippen LogP contribution in [0.4, 0.5) is 5.69 Å². The molecule has 0 bridgehead atoms. The topological polar surface area (TPSA) is 79.3 Å². The third-order valence-electron chi connectivity index (χ3n) is 2.97. The molecule has 1 amide bonds. The van der Waals surface area contributed by atoms with E-state index in [1.165, 1.54) is 17.4 Å². The quantitative estimate of drug-likeness (QED) is 0.905. The zero-order valence-electron chi connectivity index (χ0n) is 12.0. The molecule has 6 heteroatoms. The number of nitrogens with zero attached hydrogens (tertiary/aromatic N) is 1. The van der Waals surface area contributed by atoms with Gasteiger partial charge in [-0.05, 0) is 24.6 Å². The van der Waals surface area contributed by atoms with Crippen LogP contribution in [-0.2, 0) is 0 Å². The smallest absolute Gasteiger partial charge is 0.336 e. The Balaban J connectivity index is 2.19. The first-order valence-electron chi connectivity index (χ1n) is 6.49. The highest BCUT2D eigenvalue weighted by molar-refractivity contribution is 7.13. The van der Waals surface area contributed by atoms with Gasteiger partial charge in [0.15, 0.2) is 0 Å². The van der Waals surface area contributed by atoms with E-state index >= 15 is 0 Å². The van der Waals surface area contributed by atoms with Crippen molar-refractivity contribution in [2.45, 2.75) is 26.7 Å². The Bertz CT molecular complexity index is 692. The van der Waals surface area contributed by atoms with Crippen molar-refractivity contribution < 1.29 is 14.7 Å². The highest BCUT2D eigenvalue weighted by atomic mass is 32.1. The van der Waals surface area contributed by atoms with E-state index < -0.39 is 5.97 Å². The first kappa shape index (κ1) is 15.2. The number of aryl methyl sites for hydroxylation is 1. The SMILES string of the molecule is Cc1ccc(NC(=O)c2cnc(C(C)C)s2)cc1C(=O)O. The van der Waals surface area contributed by atoms with E-state index in [4.69, 9.17) is 5.11 Å². The van der Waals surface area contributed by atoms with E-state index in [1.807, 2.05) is 13.8 Å². The van der Waals surface area contributed by atoms with Gasteiger partial charge in [0.2, 0.25) is 0 Å². The number of hydrogen-bond donors (Lipinski definition) is 2. The fraction of sp³-hybridized carbons (Fsp3) is 0.267. The molecule has 0 atom stereocenters. The molecule has 1 heterocycles. The standard InChI is InChI=1S/C15H16N2O3S/c1-8(2)14-16-7-12(21-14)13(18)17-10-5-4-9(3)11(6-10)15(19)20/h4-8H,1-3H3,(H,17,18)(H,19,20). The first-order chi connectivity index (χ1) is 9.88.